The number of rotatable bonds is 20. The summed E-state index contributed by atoms with van der Waals surface area (Å²) in [5.74, 6) is -17.0. The lowest BCUT2D eigenvalue weighted by Gasteiger charge is -2.41. The third-order valence-electron chi connectivity index (χ3n) is 20.7. The predicted octanol–water partition coefficient (Wildman–Crippen LogP) is 6.84. The van der Waals surface area contributed by atoms with Crippen LogP contribution >= 0.6 is 23.2 Å². The second kappa shape index (κ2) is 37.1. The van der Waals surface area contributed by atoms with Gasteiger partial charge in [0.1, 0.15) is 107 Å². The predicted molar refractivity (Wildman–Crippen MR) is 419 cm³/mol. The fourth-order valence-electron chi connectivity index (χ4n) is 14.6. The van der Waals surface area contributed by atoms with Crippen LogP contribution in [-0.4, -0.2) is 181 Å². The maximum absolute atomic E-state index is 16.6. The fraction of sp³-hybridized carbons (Fsp3) is 0.378. The Balaban J connectivity index is 1.08. The number of hydrogen-bond donors (Lipinski definition) is 18. The number of aliphatic hydroxyl groups excluding tert-OH is 3. The second-order valence-corrected chi connectivity index (χ2v) is 30.2. The molecule has 7 aliphatic rings. The van der Waals surface area contributed by atoms with Crippen molar-refractivity contribution in [1.29, 1.82) is 0 Å². The number of phenolic OH excluding ortho intramolecular Hbond substituents is 5. The molecule has 14 rings (SSSR count). The van der Waals surface area contributed by atoms with Crippen molar-refractivity contribution in [3.8, 4) is 80.1 Å². The average Bonchev–Trinajstić information content (AvgIpc) is 0.764. The molecule has 620 valence electrons. The number of aromatic hydroxyl groups is 5. The Kier molecular flexibility index (Phi) is 26.8. The van der Waals surface area contributed by atoms with Crippen LogP contribution in [0.1, 0.15) is 153 Å². The maximum atomic E-state index is 16.6. The van der Waals surface area contributed by atoms with E-state index in [9.17, 15) is 65.1 Å². The van der Waals surface area contributed by atoms with Gasteiger partial charge in [0.05, 0.1) is 10.0 Å². The number of carboxylic acid groups (broad SMARTS) is 1. The van der Waals surface area contributed by atoms with Gasteiger partial charge in [0.25, 0.3) is 0 Å². The van der Waals surface area contributed by atoms with Gasteiger partial charge in [0.2, 0.25) is 59.3 Å². The van der Waals surface area contributed by atoms with Crippen molar-refractivity contribution in [2.75, 3.05) is 34.2 Å². The molecule has 7 aromatic rings. The van der Waals surface area contributed by atoms with Crippen LogP contribution in [0.4, 0.5) is 0 Å². The molecule has 1 saturated heterocycles. The van der Waals surface area contributed by atoms with Gasteiger partial charge in [0.15, 0.2) is 29.1 Å². The summed E-state index contributed by atoms with van der Waals surface area (Å²) in [4.78, 5) is 138. The van der Waals surface area contributed by atoms with Gasteiger partial charge in [-0.1, -0.05) is 112 Å². The Morgan fingerprint density at radius 2 is 1.20 bits per heavy atom. The summed E-state index contributed by atoms with van der Waals surface area (Å²) in [6, 6.07) is 6.92. The summed E-state index contributed by atoms with van der Waals surface area (Å²) in [6.45, 7) is 2.60. The highest BCUT2D eigenvalue weighted by molar-refractivity contribution is 6.33. The third-order valence-corrected chi connectivity index (χ3v) is 21.4. The SMILES string of the molecule is CCCCCCCCCCCC(=O)N[C@H]1[C@H](Oc2c3cc4cc2Oc2ccc(cc2Cl)[C@@H](O)[C@@H]2NC(=O)[C@H](NC(=O)[C@@H]4NC(=O)[C@H]4NC(=O)[C@@H](Cc5ccc(cc5)O3)NC(=O)[C@H](NC)c3ccc(O)c(c3)Oc3cc(O)c(Cl)c4c3)c3ccc(O)c(c3)-c3c(O)cc(O)cc3[C@H](C(=O)NCCCN(C)C)NC2=O)O[C@H](C(=O)O)[C@@H](O)[C@@H]1O. The van der Waals surface area contributed by atoms with Crippen LogP contribution in [0.2, 0.25) is 10.0 Å². The number of aliphatic hydroxyl groups is 3. The molecule has 0 radical (unpaired) electrons. The number of nitrogens with zero attached hydrogens (tertiary/aromatic N) is 1. The Morgan fingerprint density at radius 3 is 1.89 bits per heavy atom. The van der Waals surface area contributed by atoms with Crippen molar-refractivity contribution in [3.05, 3.63) is 164 Å². The molecular weight excluding hydrogens is 1560 g/mol. The number of halogens is 2. The molecule has 1 fully saturated rings. The normalized spacial score (nSPS) is 23.1. The number of likely N-dealkylation sites (N-methyl/N-ethyl adjacent to an activating group) is 1. The van der Waals surface area contributed by atoms with Gasteiger partial charge in [0, 0.05) is 48.2 Å². The highest BCUT2D eigenvalue weighted by Gasteiger charge is 2.51. The van der Waals surface area contributed by atoms with Gasteiger partial charge in [-0.25, -0.2) is 4.79 Å². The van der Waals surface area contributed by atoms with Crippen LogP contribution < -0.4 is 66.8 Å². The zero-order chi connectivity index (χ0) is 83.8. The first-order chi connectivity index (χ1) is 56.0. The number of phenols is 5. The first kappa shape index (κ1) is 84.7. The van der Waals surface area contributed by atoms with Gasteiger partial charge in [-0.15, -0.1) is 0 Å². The first-order valence-electron chi connectivity index (χ1n) is 38.1. The Hall–Kier alpha value is -11.7. The minimum Gasteiger partial charge on any atom is -0.508 e. The van der Waals surface area contributed by atoms with Gasteiger partial charge in [-0.2, -0.15) is 0 Å². The standard InChI is InChI=1S/C82H90Cl2N10O23/c1-5-6-7-8-9-10-11-12-13-15-59(100)88-68-70(102)71(103)73(81(111)112)117-82(68)116-72-57-32-42-33-58(72)115-55-25-20-41(30-49(55)83)69(101)67-80(110)92-65(75(105)86-26-14-27-94(3)4)47-34-43(95)35-53(98)60(47)46-29-39(18-23-51(46)96)63(77(107)93-67)89-78(108)64(42)90-79(109)66-48-36-45(37-54(99)61(48)84)114-56-31-40(19-24-52(56)97)62(85-2)76(106)87-50(74(104)91-66)28-38-16-21-44(113-57)22-17-38/h16-25,29-37,50,62-71,73,82,85,95-99,101-103H,5-15,26-28H2,1-4H3,(H,86,105)(H,87,106)(H,88,100)(H,89,108)(H,90,109)(H,91,104)(H,92,110)(H,93,107)(H,111,112)/t50-,62-,63-,64-,65-,66+,67+,68-,69-,70-,71+,73+,82-/m1/s1. The largest absolute Gasteiger partial charge is 0.508 e. The third kappa shape index (κ3) is 19.4. The quantitative estimate of drug-likeness (QED) is 0.0347. The minimum atomic E-state index is -2.37. The Bertz CT molecular complexity index is 4960. The lowest BCUT2D eigenvalue weighted by molar-refractivity contribution is -0.241. The highest BCUT2D eigenvalue weighted by Crippen LogP contribution is 2.50. The number of hydrogen-bond acceptors (Lipinski definition) is 24. The number of unbranched alkanes of at least 4 members (excludes halogenated alkanes) is 8. The topological polar surface area (TPSA) is 493 Å². The van der Waals surface area contributed by atoms with E-state index < -0.39 is 205 Å². The minimum absolute atomic E-state index is 0.00110. The maximum Gasteiger partial charge on any atom is 0.335 e. The van der Waals surface area contributed by atoms with E-state index in [-0.39, 0.29) is 70.2 Å². The number of amides is 8. The molecule has 8 amide bonds. The zero-order valence-corrected chi connectivity index (χ0v) is 65.3. The van der Waals surface area contributed by atoms with E-state index >= 15 is 24.0 Å². The summed E-state index contributed by atoms with van der Waals surface area (Å²) >= 11 is 14.2. The van der Waals surface area contributed by atoms with E-state index in [1.54, 1.807) is 14.1 Å². The molecule has 7 heterocycles. The lowest BCUT2D eigenvalue weighted by atomic mass is 9.89. The van der Waals surface area contributed by atoms with Crippen LogP contribution in [0, 0.1) is 0 Å². The van der Waals surface area contributed by atoms with Crippen molar-refractivity contribution < 1.29 is 113 Å². The van der Waals surface area contributed by atoms with E-state index in [0.29, 0.717) is 31.4 Å². The molecule has 18 N–H and O–H groups in total. The van der Waals surface area contributed by atoms with Crippen molar-refractivity contribution in [3.63, 3.8) is 0 Å². The van der Waals surface area contributed by atoms with E-state index in [1.165, 1.54) is 61.6 Å². The van der Waals surface area contributed by atoms with Crippen LogP contribution in [0.5, 0.6) is 69.0 Å². The molecule has 7 aliphatic heterocycles. The number of aliphatic carboxylic acids is 1. The van der Waals surface area contributed by atoms with Crippen molar-refractivity contribution >= 4 is 76.4 Å². The van der Waals surface area contributed by atoms with Crippen molar-refractivity contribution in [1.82, 2.24) is 52.8 Å². The van der Waals surface area contributed by atoms with Crippen LogP contribution in [0.25, 0.3) is 11.1 Å². The van der Waals surface area contributed by atoms with E-state index in [1.807, 2.05) is 4.90 Å². The number of nitrogens with one attached hydrogen (secondary N) is 9. The molecule has 0 aromatic heterocycles. The Morgan fingerprint density at radius 1 is 0.564 bits per heavy atom. The molecule has 7 aromatic carbocycles. The van der Waals surface area contributed by atoms with E-state index in [2.05, 4.69) is 54.8 Å². The van der Waals surface area contributed by atoms with Crippen molar-refractivity contribution in [2.24, 2.45) is 0 Å². The van der Waals surface area contributed by atoms with Crippen molar-refractivity contribution in [2.45, 2.75) is 163 Å². The molecule has 33 nitrogen and oxygen atoms in total. The van der Waals surface area contributed by atoms with E-state index in [4.69, 9.17) is 46.9 Å². The molecule has 0 saturated carbocycles. The molecule has 117 heavy (non-hydrogen) atoms. The summed E-state index contributed by atoms with van der Waals surface area (Å²) in [7, 11) is 5.04. The molecule has 35 heteroatoms. The number of benzene rings is 7. The number of fused-ring (bicyclic) bond motifs is 14. The Labute approximate surface area is 680 Å². The molecule has 13 atom stereocenters. The molecule has 0 spiro atoms. The van der Waals surface area contributed by atoms with Crippen LogP contribution in [0.15, 0.2) is 115 Å². The number of carboxylic acids is 1. The second-order valence-electron chi connectivity index (χ2n) is 29.4. The monoisotopic (exact) mass is 1650 g/mol. The summed E-state index contributed by atoms with van der Waals surface area (Å²) in [6.07, 6.45) is -3.01. The summed E-state index contributed by atoms with van der Waals surface area (Å²) < 4.78 is 32.3. The van der Waals surface area contributed by atoms with E-state index in [0.717, 1.165) is 106 Å². The fourth-order valence-corrected chi connectivity index (χ4v) is 15.0. The molecule has 17 bridgehead atoms. The van der Waals surface area contributed by atoms with Gasteiger partial charge < -0.3 is 122 Å². The first-order valence-corrected chi connectivity index (χ1v) is 38.9. The summed E-state index contributed by atoms with van der Waals surface area (Å²) in [5, 5.41) is 128. The van der Waals surface area contributed by atoms with Gasteiger partial charge in [-0.3, -0.25) is 38.4 Å². The smallest absolute Gasteiger partial charge is 0.335 e. The molecular formula is C82H90Cl2N10O23. The highest BCUT2D eigenvalue weighted by atomic mass is 35.5. The summed E-state index contributed by atoms with van der Waals surface area (Å²) in [5.41, 5.74) is -2.05. The van der Waals surface area contributed by atoms with Gasteiger partial charge in [-0.05, 0) is 147 Å². The lowest BCUT2D eigenvalue weighted by Crippen LogP contribution is -2.66. The zero-order valence-electron chi connectivity index (χ0n) is 63.8. The molecule has 0 unspecified atom stereocenters. The number of carbonyl (C=O) groups excluding carboxylic acids is 8. The van der Waals surface area contributed by atoms with Crippen LogP contribution in [-0.2, 0) is 54.3 Å². The number of carbonyl (C=O) groups is 9. The number of ether oxygens (including phenoxy) is 5. The van der Waals surface area contributed by atoms with Gasteiger partial charge >= 0.3 is 5.97 Å². The van der Waals surface area contributed by atoms with Crippen LogP contribution in [0.3, 0.4) is 0 Å². The average molecular weight is 1650 g/mol. The molecule has 0 aliphatic carbocycles.